The van der Waals surface area contributed by atoms with Gasteiger partial charge in [-0.25, -0.2) is 0 Å². The molecule has 0 aromatic carbocycles. The first-order chi connectivity index (χ1) is 10.3. The van der Waals surface area contributed by atoms with Gasteiger partial charge in [0.05, 0.1) is 36.9 Å². The van der Waals surface area contributed by atoms with Crippen LogP contribution in [0.5, 0.6) is 0 Å². The zero-order valence-electron chi connectivity index (χ0n) is 12.5. The third kappa shape index (κ3) is 3.96. The predicted octanol–water partition coefficient (Wildman–Crippen LogP) is 0.540. The number of hydrogen-bond acceptors (Lipinski definition) is 6. The lowest BCUT2D eigenvalue weighted by molar-refractivity contribution is -0.171. The average Bonchev–Trinajstić information content (AvgIpc) is 2.46. The molecular formula is C14H20O8. The van der Waals surface area contributed by atoms with Crippen molar-refractivity contribution in [1.29, 1.82) is 0 Å². The smallest absolute Gasteiger partial charge is 0.309 e. The molecule has 0 heterocycles. The van der Waals surface area contributed by atoms with Crippen molar-refractivity contribution in [3.05, 3.63) is 0 Å². The Kier molecular flexibility index (Phi) is 6.33. The van der Waals surface area contributed by atoms with E-state index in [1.54, 1.807) is 13.8 Å². The van der Waals surface area contributed by atoms with E-state index < -0.39 is 47.5 Å². The van der Waals surface area contributed by atoms with Gasteiger partial charge in [-0.05, 0) is 26.7 Å². The van der Waals surface area contributed by atoms with Crippen LogP contribution >= 0.6 is 0 Å². The number of aliphatic carboxylic acids is 2. The van der Waals surface area contributed by atoms with Gasteiger partial charge in [0.25, 0.3) is 0 Å². The number of carbonyl (C=O) groups is 4. The van der Waals surface area contributed by atoms with Gasteiger partial charge in [-0.3, -0.25) is 19.2 Å². The third-order valence-electron chi connectivity index (χ3n) is 3.80. The quantitative estimate of drug-likeness (QED) is 0.680. The molecule has 8 nitrogen and oxygen atoms in total. The van der Waals surface area contributed by atoms with E-state index in [1.807, 2.05) is 0 Å². The van der Waals surface area contributed by atoms with Crippen molar-refractivity contribution in [3.8, 4) is 0 Å². The van der Waals surface area contributed by atoms with Crippen molar-refractivity contribution in [3.63, 3.8) is 0 Å². The Hall–Kier alpha value is -2.12. The molecule has 4 atom stereocenters. The molecule has 2 N–H and O–H groups in total. The van der Waals surface area contributed by atoms with Crippen molar-refractivity contribution in [1.82, 2.24) is 0 Å². The highest BCUT2D eigenvalue weighted by molar-refractivity contribution is 5.86. The fourth-order valence-electron chi connectivity index (χ4n) is 2.77. The first-order valence-electron chi connectivity index (χ1n) is 7.12. The summed E-state index contributed by atoms with van der Waals surface area (Å²) in [7, 11) is 0. The number of carbonyl (C=O) groups excluding carboxylic acids is 2. The van der Waals surface area contributed by atoms with Crippen molar-refractivity contribution < 1.29 is 38.9 Å². The van der Waals surface area contributed by atoms with E-state index in [0.29, 0.717) is 0 Å². The Labute approximate surface area is 127 Å². The molecule has 124 valence electrons. The highest BCUT2D eigenvalue weighted by Gasteiger charge is 2.50. The standard InChI is InChI=1S/C14H20O8/c1-3-21-13(19)9-5-7(11(15)16)8(12(17)18)6-10(9)14(20)22-4-2/h7-10H,3-6H2,1-2H3,(H,15,16)(H,17,18). The molecule has 0 saturated heterocycles. The van der Waals surface area contributed by atoms with Crippen LogP contribution < -0.4 is 0 Å². The normalized spacial score (nSPS) is 27.7. The Morgan fingerprint density at radius 1 is 0.773 bits per heavy atom. The fourth-order valence-corrected chi connectivity index (χ4v) is 2.77. The van der Waals surface area contributed by atoms with Crippen LogP contribution in [0.2, 0.25) is 0 Å². The minimum atomic E-state index is -1.30. The van der Waals surface area contributed by atoms with Crippen LogP contribution in [-0.2, 0) is 28.7 Å². The first kappa shape index (κ1) is 17.9. The van der Waals surface area contributed by atoms with Crippen LogP contribution in [0.3, 0.4) is 0 Å². The molecule has 1 rings (SSSR count). The van der Waals surface area contributed by atoms with Crippen LogP contribution in [0.15, 0.2) is 0 Å². The summed E-state index contributed by atoms with van der Waals surface area (Å²) >= 11 is 0. The van der Waals surface area contributed by atoms with E-state index in [0.717, 1.165) is 0 Å². The lowest BCUT2D eigenvalue weighted by atomic mass is 9.68. The Morgan fingerprint density at radius 2 is 1.09 bits per heavy atom. The van der Waals surface area contributed by atoms with Crippen molar-refractivity contribution >= 4 is 23.9 Å². The van der Waals surface area contributed by atoms with Gasteiger partial charge in [-0.2, -0.15) is 0 Å². The van der Waals surface area contributed by atoms with E-state index in [1.165, 1.54) is 0 Å². The Morgan fingerprint density at radius 3 is 1.32 bits per heavy atom. The predicted molar refractivity (Wildman–Crippen MR) is 71.7 cm³/mol. The number of carboxylic acid groups (broad SMARTS) is 2. The largest absolute Gasteiger partial charge is 0.481 e. The second-order valence-corrected chi connectivity index (χ2v) is 5.08. The van der Waals surface area contributed by atoms with Crippen molar-refractivity contribution in [2.45, 2.75) is 26.7 Å². The molecule has 1 aliphatic carbocycles. The van der Waals surface area contributed by atoms with Crippen LogP contribution in [0.25, 0.3) is 0 Å². The van der Waals surface area contributed by atoms with Crippen LogP contribution in [0.4, 0.5) is 0 Å². The fraction of sp³-hybridized carbons (Fsp3) is 0.714. The molecule has 0 bridgehead atoms. The maximum Gasteiger partial charge on any atom is 0.309 e. The van der Waals surface area contributed by atoms with Gasteiger partial charge in [0, 0.05) is 0 Å². The minimum Gasteiger partial charge on any atom is -0.481 e. The monoisotopic (exact) mass is 316 g/mol. The Bertz CT molecular complexity index is 416. The molecule has 22 heavy (non-hydrogen) atoms. The summed E-state index contributed by atoms with van der Waals surface area (Å²) < 4.78 is 9.75. The molecule has 1 aliphatic rings. The van der Waals surface area contributed by atoms with Crippen LogP contribution in [-0.4, -0.2) is 47.3 Å². The van der Waals surface area contributed by atoms with E-state index in [9.17, 15) is 29.4 Å². The van der Waals surface area contributed by atoms with Gasteiger partial charge in [-0.1, -0.05) is 0 Å². The molecule has 0 radical (unpaired) electrons. The maximum absolute atomic E-state index is 12.0. The van der Waals surface area contributed by atoms with Crippen molar-refractivity contribution in [2.24, 2.45) is 23.7 Å². The van der Waals surface area contributed by atoms with Crippen LogP contribution in [0.1, 0.15) is 26.7 Å². The summed E-state index contributed by atoms with van der Waals surface area (Å²) in [5, 5.41) is 18.4. The topological polar surface area (TPSA) is 127 Å². The van der Waals surface area contributed by atoms with E-state index in [-0.39, 0.29) is 26.1 Å². The van der Waals surface area contributed by atoms with Crippen LogP contribution in [0, 0.1) is 23.7 Å². The molecular weight excluding hydrogens is 296 g/mol. The lowest BCUT2D eigenvalue weighted by Crippen LogP contribution is -2.45. The summed E-state index contributed by atoms with van der Waals surface area (Å²) in [6.45, 7) is 3.36. The number of ether oxygens (including phenoxy) is 2. The van der Waals surface area contributed by atoms with E-state index in [2.05, 4.69) is 0 Å². The highest BCUT2D eigenvalue weighted by atomic mass is 16.5. The zero-order valence-corrected chi connectivity index (χ0v) is 12.5. The van der Waals surface area contributed by atoms with Gasteiger partial charge in [-0.15, -0.1) is 0 Å². The van der Waals surface area contributed by atoms with E-state index in [4.69, 9.17) is 9.47 Å². The lowest BCUT2D eigenvalue weighted by Gasteiger charge is -2.35. The van der Waals surface area contributed by atoms with Gasteiger partial charge < -0.3 is 19.7 Å². The summed E-state index contributed by atoms with van der Waals surface area (Å²) in [4.78, 5) is 46.5. The summed E-state index contributed by atoms with van der Waals surface area (Å²) in [6, 6.07) is 0. The first-order valence-corrected chi connectivity index (χ1v) is 7.12. The second-order valence-electron chi connectivity index (χ2n) is 5.08. The number of rotatable bonds is 6. The molecule has 8 heteroatoms. The highest BCUT2D eigenvalue weighted by Crippen LogP contribution is 2.40. The zero-order chi connectivity index (χ0) is 16.9. The van der Waals surface area contributed by atoms with Gasteiger partial charge in [0.15, 0.2) is 0 Å². The van der Waals surface area contributed by atoms with E-state index >= 15 is 0 Å². The maximum atomic E-state index is 12.0. The third-order valence-corrected chi connectivity index (χ3v) is 3.80. The molecule has 1 saturated carbocycles. The Balaban J connectivity index is 3.08. The molecule has 0 aromatic heterocycles. The SMILES string of the molecule is CCOC(=O)C1CC(C(=O)O)C(C(=O)O)CC1C(=O)OCC. The van der Waals surface area contributed by atoms with Gasteiger partial charge in [0.1, 0.15) is 0 Å². The minimum absolute atomic E-state index is 0.0883. The second kappa shape index (κ2) is 7.77. The number of esters is 2. The summed E-state index contributed by atoms with van der Waals surface area (Å²) in [5.41, 5.74) is 0. The number of carboxylic acids is 2. The molecule has 1 fully saturated rings. The average molecular weight is 316 g/mol. The van der Waals surface area contributed by atoms with Gasteiger partial charge in [0.2, 0.25) is 0 Å². The molecule has 0 aliphatic heterocycles. The molecule has 0 aromatic rings. The number of hydrogen-bond donors (Lipinski definition) is 2. The molecule has 0 amide bonds. The molecule has 4 unspecified atom stereocenters. The van der Waals surface area contributed by atoms with Crippen molar-refractivity contribution in [2.75, 3.05) is 13.2 Å². The van der Waals surface area contributed by atoms with Gasteiger partial charge >= 0.3 is 23.9 Å². The summed E-state index contributed by atoms with van der Waals surface area (Å²) in [6.07, 6.45) is -0.511. The molecule has 0 spiro atoms. The summed E-state index contributed by atoms with van der Waals surface area (Å²) in [5.74, 6) is -8.49.